The van der Waals surface area contributed by atoms with Gasteiger partial charge >= 0.3 is 6.09 Å². The fraction of sp³-hybridized carbons (Fsp3) is 0.632. The number of ether oxygens (including phenoxy) is 2. The van der Waals surface area contributed by atoms with Crippen molar-refractivity contribution in [1.29, 1.82) is 0 Å². The summed E-state index contributed by atoms with van der Waals surface area (Å²) in [6.45, 7) is 8.05. The minimum absolute atomic E-state index is 0.189. The molecule has 0 aromatic heterocycles. The Morgan fingerprint density at radius 2 is 2.08 bits per heavy atom. The number of carbonyl (C=O) groups is 1. The smallest absolute Gasteiger partial charge is 0.410 e. The zero-order valence-electron chi connectivity index (χ0n) is 15.6. The summed E-state index contributed by atoms with van der Waals surface area (Å²) in [4.78, 5) is 14.2. The number of rotatable bonds is 8. The number of benzene rings is 1. The van der Waals surface area contributed by atoms with Crippen LogP contribution in [0, 0.1) is 0 Å². The van der Waals surface area contributed by atoms with Gasteiger partial charge in [0.05, 0.1) is 7.11 Å². The molecule has 140 valence electrons. The Kier molecular flexibility index (Phi) is 7.14. The molecular formula is C19H29BrN2O3. The van der Waals surface area contributed by atoms with E-state index in [0.29, 0.717) is 6.04 Å². The van der Waals surface area contributed by atoms with Crippen molar-refractivity contribution in [2.24, 2.45) is 0 Å². The quantitative estimate of drug-likeness (QED) is 0.645. The van der Waals surface area contributed by atoms with E-state index in [4.69, 9.17) is 9.47 Å². The molecule has 1 N–H and O–H groups in total. The van der Waals surface area contributed by atoms with Crippen LogP contribution in [0.4, 0.5) is 4.79 Å². The van der Waals surface area contributed by atoms with E-state index in [2.05, 4.69) is 21.2 Å². The Morgan fingerprint density at radius 3 is 2.68 bits per heavy atom. The predicted molar refractivity (Wildman–Crippen MR) is 103 cm³/mol. The number of halogens is 1. The first kappa shape index (κ1) is 20.0. The van der Waals surface area contributed by atoms with Crippen molar-refractivity contribution in [3.8, 4) is 5.75 Å². The second-order valence-corrected chi connectivity index (χ2v) is 8.25. The lowest BCUT2D eigenvalue weighted by molar-refractivity contribution is 0.0232. The van der Waals surface area contributed by atoms with Gasteiger partial charge in [0.25, 0.3) is 0 Å². The minimum Gasteiger partial charge on any atom is -0.497 e. The summed E-state index contributed by atoms with van der Waals surface area (Å²) in [6, 6.07) is 6.31. The molecule has 0 spiro atoms. The normalized spacial score (nSPS) is 14.3. The highest BCUT2D eigenvalue weighted by atomic mass is 79.9. The van der Waals surface area contributed by atoms with Crippen molar-refractivity contribution < 1.29 is 14.3 Å². The van der Waals surface area contributed by atoms with E-state index in [1.807, 2.05) is 43.9 Å². The van der Waals surface area contributed by atoms with Gasteiger partial charge in [-0.3, -0.25) is 0 Å². The van der Waals surface area contributed by atoms with Gasteiger partial charge in [-0.15, -0.1) is 0 Å². The molecule has 25 heavy (non-hydrogen) atoms. The summed E-state index contributed by atoms with van der Waals surface area (Å²) >= 11 is 3.56. The Labute approximate surface area is 159 Å². The molecule has 0 unspecified atom stereocenters. The third-order valence-corrected chi connectivity index (χ3v) is 4.71. The van der Waals surface area contributed by atoms with Gasteiger partial charge in [0.2, 0.25) is 0 Å². The number of methoxy groups -OCH3 is 1. The van der Waals surface area contributed by atoms with E-state index in [-0.39, 0.29) is 6.09 Å². The Balaban J connectivity index is 1.75. The average Bonchev–Trinajstić information content (AvgIpc) is 3.35. The molecule has 0 bridgehead atoms. The maximum Gasteiger partial charge on any atom is 0.410 e. The Hall–Kier alpha value is -1.27. The van der Waals surface area contributed by atoms with Crippen LogP contribution in [-0.4, -0.2) is 42.8 Å². The second kappa shape index (κ2) is 8.90. The molecule has 0 radical (unpaired) electrons. The minimum atomic E-state index is -0.443. The molecule has 1 aromatic rings. The lowest BCUT2D eigenvalue weighted by Crippen LogP contribution is -2.39. The molecular weight excluding hydrogens is 384 g/mol. The van der Waals surface area contributed by atoms with Gasteiger partial charge in [-0.05, 0) is 70.3 Å². The maximum atomic E-state index is 12.3. The SMILES string of the molecule is COc1ccc(Br)c(CNCCCN(C(=O)OC(C)(C)C)C2CC2)c1. The highest BCUT2D eigenvalue weighted by Crippen LogP contribution is 2.28. The Morgan fingerprint density at radius 1 is 1.36 bits per heavy atom. The first-order valence-corrected chi connectivity index (χ1v) is 9.62. The van der Waals surface area contributed by atoms with Crippen LogP contribution in [0.3, 0.4) is 0 Å². The molecule has 1 aliphatic carbocycles. The number of nitrogens with one attached hydrogen (secondary N) is 1. The van der Waals surface area contributed by atoms with Crippen LogP contribution >= 0.6 is 15.9 Å². The van der Waals surface area contributed by atoms with E-state index in [1.165, 1.54) is 0 Å². The van der Waals surface area contributed by atoms with E-state index in [9.17, 15) is 4.79 Å². The maximum absolute atomic E-state index is 12.3. The Bertz CT molecular complexity index is 583. The molecule has 1 aromatic carbocycles. The zero-order valence-corrected chi connectivity index (χ0v) is 17.2. The summed E-state index contributed by atoms with van der Waals surface area (Å²) < 4.78 is 11.8. The molecule has 0 atom stereocenters. The summed E-state index contributed by atoms with van der Waals surface area (Å²) in [5.74, 6) is 0.852. The molecule has 1 amide bonds. The van der Waals surface area contributed by atoms with Gasteiger partial charge in [0.15, 0.2) is 0 Å². The highest BCUT2D eigenvalue weighted by molar-refractivity contribution is 9.10. The van der Waals surface area contributed by atoms with Crippen molar-refractivity contribution in [1.82, 2.24) is 10.2 Å². The summed E-state index contributed by atoms with van der Waals surface area (Å²) in [6.07, 6.45) is 2.88. The van der Waals surface area contributed by atoms with Gasteiger partial charge in [0, 0.05) is 23.6 Å². The highest BCUT2D eigenvalue weighted by Gasteiger charge is 2.34. The van der Waals surface area contributed by atoms with Crippen molar-refractivity contribution >= 4 is 22.0 Å². The number of nitrogens with zero attached hydrogens (tertiary/aromatic N) is 1. The van der Waals surface area contributed by atoms with Crippen LogP contribution in [0.5, 0.6) is 5.75 Å². The first-order chi connectivity index (χ1) is 11.8. The van der Waals surface area contributed by atoms with Crippen LogP contribution < -0.4 is 10.1 Å². The molecule has 0 aliphatic heterocycles. The predicted octanol–water partition coefficient (Wildman–Crippen LogP) is 4.34. The van der Waals surface area contributed by atoms with Crippen LogP contribution in [0.25, 0.3) is 0 Å². The molecule has 0 heterocycles. The van der Waals surface area contributed by atoms with E-state index >= 15 is 0 Å². The fourth-order valence-electron chi connectivity index (χ4n) is 2.54. The van der Waals surface area contributed by atoms with Crippen LogP contribution in [0.2, 0.25) is 0 Å². The molecule has 6 heteroatoms. The van der Waals surface area contributed by atoms with Gasteiger partial charge < -0.3 is 19.7 Å². The summed E-state index contributed by atoms with van der Waals surface area (Å²) in [7, 11) is 1.67. The summed E-state index contributed by atoms with van der Waals surface area (Å²) in [5, 5.41) is 3.43. The topological polar surface area (TPSA) is 50.8 Å². The van der Waals surface area contributed by atoms with Gasteiger partial charge in [-0.25, -0.2) is 4.79 Å². The lowest BCUT2D eigenvalue weighted by atomic mass is 10.2. The number of carbonyl (C=O) groups excluding carboxylic acids is 1. The van der Waals surface area contributed by atoms with Crippen LogP contribution in [-0.2, 0) is 11.3 Å². The molecule has 2 rings (SSSR count). The zero-order chi connectivity index (χ0) is 18.4. The average molecular weight is 413 g/mol. The first-order valence-electron chi connectivity index (χ1n) is 8.83. The van der Waals surface area contributed by atoms with E-state index < -0.39 is 5.60 Å². The van der Waals surface area contributed by atoms with Crippen molar-refractivity contribution in [2.45, 2.75) is 58.2 Å². The number of amides is 1. The van der Waals surface area contributed by atoms with E-state index in [0.717, 1.165) is 54.7 Å². The standard InChI is InChI=1S/C19H29BrN2O3/c1-19(2,3)25-18(23)22(15-6-7-15)11-5-10-21-13-14-12-16(24-4)8-9-17(14)20/h8-9,12,15,21H,5-7,10-11,13H2,1-4H3. The third-order valence-electron chi connectivity index (χ3n) is 3.94. The third kappa shape index (κ3) is 6.86. The van der Waals surface area contributed by atoms with Gasteiger partial charge in [-0.1, -0.05) is 15.9 Å². The molecule has 5 nitrogen and oxygen atoms in total. The number of hydrogen-bond acceptors (Lipinski definition) is 4. The van der Waals surface area contributed by atoms with Crippen molar-refractivity contribution in [2.75, 3.05) is 20.2 Å². The molecule has 1 aliphatic rings. The fourth-order valence-corrected chi connectivity index (χ4v) is 2.93. The van der Waals surface area contributed by atoms with Crippen LogP contribution in [0.15, 0.2) is 22.7 Å². The monoisotopic (exact) mass is 412 g/mol. The number of hydrogen-bond donors (Lipinski definition) is 1. The largest absolute Gasteiger partial charge is 0.497 e. The van der Waals surface area contributed by atoms with Gasteiger partial charge in [-0.2, -0.15) is 0 Å². The lowest BCUT2D eigenvalue weighted by Gasteiger charge is -2.27. The van der Waals surface area contributed by atoms with Crippen LogP contribution in [0.1, 0.15) is 45.6 Å². The molecule has 1 saturated carbocycles. The summed E-state index contributed by atoms with van der Waals surface area (Å²) in [5.41, 5.74) is 0.715. The second-order valence-electron chi connectivity index (χ2n) is 7.39. The molecule has 0 saturated heterocycles. The van der Waals surface area contributed by atoms with Crippen molar-refractivity contribution in [3.63, 3.8) is 0 Å². The van der Waals surface area contributed by atoms with Crippen molar-refractivity contribution in [3.05, 3.63) is 28.2 Å². The van der Waals surface area contributed by atoms with Gasteiger partial charge in [0.1, 0.15) is 11.4 Å². The van der Waals surface area contributed by atoms with E-state index in [1.54, 1.807) is 7.11 Å². The molecule has 1 fully saturated rings.